The lowest BCUT2D eigenvalue weighted by Crippen LogP contribution is -2.04. The summed E-state index contributed by atoms with van der Waals surface area (Å²) in [6, 6.07) is 6.05. The summed E-state index contributed by atoms with van der Waals surface area (Å²) in [6.45, 7) is 2.51. The molecule has 0 aromatic heterocycles. The number of phenolic OH excluding ortho intramolecular Hbond substituents is 1. The van der Waals surface area contributed by atoms with E-state index >= 15 is 0 Å². The van der Waals surface area contributed by atoms with Crippen LogP contribution in [-0.4, -0.2) is 17.7 Å². The molecule has 3 nitrogen and oxygen atoms in total. The standard InChI is InChI=1S/C17H24O3/c1-2-3-4-5-6-7-8-9-14-20-17(19)15-10-12-16(18)13-11-15/h8-13,18H,2-7,14H2,1H3/b9-8+. The van der Waals surface area contributed by atoms with Gasteiger partial charge < -0.3 is 9.84 Å². The highest BCUT2D eigenvalue weighted by atomic mass is 16.5. The van der Waals surface area contributed by atoms with Crippen LogP contribution in [0.4, 0.5) is 0 Å². The molecule has 0 aliphatic rings. The molecule has 1 rings (SSSR count). The maximum absolute atomic E-state index is 11.6. The van der Waals surface area contributed by atoms with Gasteiger partial charge in [-0.15, -0.1) is 0 Å². The van der Waals surface area contributed by atoms with E-state index in [4.69, 9.17) is 9.84 Å². The molecule has 0 fully saturated rings. The van der Waals surface area contributed by atoms with Crippen molar-refractivity contribution < 1.29 is 14.6 Å². The van der Waals surface area contributed by atoms with Crippen LogP contribution in [0.1, 0.15) is 55.8 Å². The summed E-state index contributed by atoms with van der Waals surface area (Å²) in [5.74, 6) is -0.220. The summed E-state index contributed by atoms with van der Waals surface area (Å²) in [5.41, 5.74) is 0.454. The number of phenols is 1. The van der Waals surface area contributed by atoms with Crippen LogP contribution in [0.3, 0.4) is 0 Å². The molecule has 0 radical (unpaired) electrons. The number of benzene rings is 1. The molecule has 0 bridgehead atoms. The van der Waals surface area contributed by atoms with Gasteiger partial charge in [0.1, 0.15) is 12.4 Å². The number of hydrogen-bond acceptors (Lipinski definition) is 3. The molecular weight excluding hydrogens is 252 g/mol. The Kier molecular flexibility index (Phi) is 8.20. The molecule has 0 saturated heterocycles. The Morgan fingerprint density at radius 3 is 2.50 bits per heavy atom. The van der Waals surface area contributed by atoms with Crippen molar-refractivity contribution in [1.82, 2.24) is 0 Å². The third-order valence-electron chi connectivity index (χ3n) is 3.05. The van der Waals surface area contributed by atoms with Crippen LogP contribution in [0.5, 0.6) is 5.75 Å². The maximum atomic E-state index is 11.6. The van der Waals surface area contributed by atoms with Crippen molar-refractivity contribution in [2.24, 2.45) is 0 Å². The summed E-state index contributed by atoms with van der Waals surface area (Å²) in [5, 5.41) is 9.13. The summed E-state index contributed by atoms with van der Waals surface area (Å²) in [7, 11) is 0. The van der Waals surface area contributed by atoms with Gasteiger partial charge in [0.05, 0.1) is 5.56 Å². The van der Waals surface area contributed by atoms with E-state index < -0.39 is 0 Å². The number of esters is 1. The van der Waals surface area contributed by atoms with E-state index in [-0.39, 0.29) is 11.7 Å². The van der Waals surface area contributed by atoms with Crippen LogP contribution in [0.15, 0.2) is 36.4 Å². The average molecular weight is 276 g/mol. The van der Waals surface area contributed by atoms with Crippen LogP contribution >= 0.6 is 0 Å². The number of rotatable bonds is 9. The van der Waals surface area contributed by atoms with Crippen molar-refractivity contribution in [2.45, 2.75) is 45.4 Å². The first kappa shape index (κ1) is 16.3. The van der Waals surface area contributed by atoms with Gasteiger partial charge in [-0.1, -0.05) is 44.8 Å². The predicted molar refractivity (Wildman–Crippen MR) is 80.9 cm³/mol. The molecule has 0 aliphatic heterocycles. The van der Waals surface area contributed by atoms with Crippen molar-refractivity contribution in [3.63, 3.8) is 0 Å². The minimum absolute atomic E-state index is 0.143. The van der Waals surface area contributed by atoms with Crippen LogP contribution in [0.2, 0.25) is 0 Å². The van der Waals surface area contributed by atoms with Gasteiger partial charge >= 0.3 is 5.97 Å². The summed E-state index contributed by atoms with van der Waals surface area (Å²) >= 11 is 0. The van der Waals surface area contributed by atoms with Gasteiger partial charge in [0, 0.05) is 0 Å². The molecule has 110 valence electrons. The zero-order chi connectivity index (χ0) is 14.6. The van der Waals surface area contributed by atoms with Gasteiger partial charge in [-0.05, 0) is 37.1 Å². The van der Waals surface area contributed by atoms with E-state index in [0.717, 1.165) is 6.42 Å². The fourth-order valence-electron chi connectivity index (χ4n) is 1.86. The van der Waals surface area contributed by atoms with Gasteiger partial charge in [-0.2, -0.15) is 0 Å². The van der Waals surface area contributed by atoms with E-state index in [0.29, 0.717) is 12.2 Å². The quantitative estimate of drug-likeness (QED) is 0.411. The average Bonchev–Trinajstić information content (AvgIpc) is 2.46. The first-order valence-corrected chi connectivity index (χ1v) is 7.35. The summed E-state index contributed by atoms with van der Waals surface area (Å²) in [6.07, 6.45) is 11.3. The van der Waals surface area contributed by atoms with Gasteiger partial charge in [0.15, 0.2) is 0 Å². The van der Waals surface area contributed by atoms with E-state index in [2.05, 4.69) is 13.0 Å². The summed E-state index contributed by atoms with van der Waals surface area (Å²) < 4.78 is 5.11. The van der Waals surface area contributed by atoms with E-state index in [9.17, 15) is 4.79 Å². The van der Waals surface area contributed by atoms with Crippen LogP contribution in [0, 0.1) is 0 Å². The van der Waals surface area contributed by atoms with Crippen molar-refractivity contribution in [3.8, 4) is 5.75 Å². The number of ether oxygens (including phenoxy) is 1. The Labute approximate surface area is 121 Å². The fourth-order valence-corrected chi connectivity index (χ4v) is 1.86. The number of carbonyl (C=O) groups excluding carboxylic acids is 1. The van der Waals surface area contributed by atoms with Crippen LogP contribution in [-0.2, 0) is 4.74 Å². The predicted octanol–water partition coefficient (Wildman–Crippen LogP) is 4.47. The number of hydrogen-bond donors (Lipinski definition) is 1. The van der Waals surface area contributed by atoms with E-state index in [1.54, 1.807) is 12.1 Å². The molecular formula is C17H24O3. The number of carbonyl (C=O) groups is 1. The lowest BCUT2D eigenvalue weighted by molar-refractivity contribution is 0.0549. The molecule has 0 atom stereocenters. The van der Waals surface area contributed by atoms with E-state index in [1.807, 2.05) is 6.08 Å². The Morgan fingerprint density at radius 2 is 1.80 bits per heavy atom. The molecule has 1 aromatic carbocycles. The molecule has 3 heteroatoms. The Morgan fingerprint density at radius 1 is 1.10 bits per heavy atom. The highest BCUT2D eigenvalue weighted by Crippen LogP contribution is 2.10. The number of aromatic hydroxyl groups is 1. The molecule has 0 amide bonds. The molecule has 0 heterocycles. The molecule has 20 heavy (non-hydrogen) atoms. The Balaban J connectivity index is 2.11. The lowest BCUT2D eigenvalue weighted by atomic mass is 10.1. The van der Waals surface area contributed by atoms with Crippen molar-refractivity contribution in [3.05, 3.63) is 42.0 Å². The topological polar surface area (TPSA) is 46.5 Å². The minimum Gasteiger partial charge on any atom is -0.508 e. The molecule has 1 aromatic rings. The van der Waals surface area contributed by atoms with Gasteiger partial charge in [-0.25, -0.2) is 4.79 Å². The SMILES string of the molecule is CCCCCCC/C=C/COC(=O)c1ccc(O)cc1. The minimum atomic E-state index is -0.363. The monoisotopic (exact) mass is 276 g/mol. The lowest BCUT2D eigenvalue weighted by Gasteiger charge is -2.02. The van der Waals surface area contributed by atoms with Gasteiger partial charge in [-0.3, -0.25) is 0 Å². The highest BCUT2D eigenvalue weighted by Gasteiger charge is 2.05. The van der Waals surface area contributed by atoms with Gasteiger partial charge in [0.25, 0.3) is 0 Å². The largest absolute Gasteiger partial charge is 0.508 e. The number of allylic oxidation sites excluding steroid dienone is 1. The molecule has 0 saturated carbocycles. The Hall–Kier alpha value is -1.77. The third-order valence-corrected chi connectivity index (χ3v) is 3.05. The maximum Gasteiger partial charge on any atom is 0.338 e. The third kappa shape index (κ3) is 6.98. The van der Waals surface area contributed by atoms with E-state index in [1.165, 1.54) is 44.2 Å². The van der Waals surface area contributed by atoms with Crippen LogP contribution in [0.25, 0.3) is 0 Å². The molecule has 1 N–H and O–H groups in total. The first-order chi connectivity index (χ1) is 9.74. The second-order valence-corrected chi connectivity index (χ2v) is 4.82. The Bertz CT molecular complexity index is 407. The first-order valence-electron chi connectivity index (χ1n) is 7.35. The second-order valence-electron chi connectivity index (χ2n) is 4.82. The van der Waals surface area contributed by atoms with Crippen molar-refractivity contribution >= 4 is 5.97 Å². The van der Waals surface area contributed by atoms with Crippen LogP contribution < -0.4 is 0 Å². The molecule has 0 aliphatic carbocycles. The fraction of sp³-hybridized carbons (Fsp3) is 0.471. The normalized spacial score (nSPS) is 10.8. The number of unbranched alkanes of at least 4 members (excludes halogenated alkanes) is 5. The van der Waals surface area contributed by atoms with Gasteiger partial charge in [0.2, 0.25) is 0 Å². The zero-order valence-corrected chi connectivity index (χ0v) is 12.2. The molecule has 0 unspecified atom stereocenters. The smallest absolute Gasteiger partial charge is 0.338 e. The summed E-state index contributed by atoms with van der Waals surface area (Å²) in [4.78, 5) is 11.6. The molecule has 0 spiro atoms. The second kappa shape index (κ2) is 10.1. The van der Waals surface area contributed by atoms with Crippen molar-refractivity contribution in [2.75, 3.05) is 6.61 Å². The highest BCUT2D eigenvalue weighted by molar-refractivity contribution is 5.89. The zero-order valence-electron chi connectivity index (χ0n) is 12.2. The van der Waals surface area contributed by atoms with Crippen molar-refractivity contribution in [1.29, 1.82) is 0 Å².